The minimum atomic E-state index is -0.973. The summed E-state index contributed by atoms with van der Waals surface area (Å²) in [5.41, 5.74) is 3.89. The van der Waals surface area contributed by atoms with Gasteiger partial charge in [0.1, 0.15) is 5.75 Å². The number of amides is 2. The van der Waals surface area contributed by atoms with Crippen LogP contribution in [0.15, 0.2) is 71.8 Å². The zero-order valence-electron chi connectivity index (χ0n) is 17.1. The highest BCUT2D eigenvalue weighted by Crippen LogP contribution is 2.22. The zero-order chi connectivity index (χ0) is 24.0. The van der Waals surface area contributed by atoms with Crippen LogP contribution in [0.4, 0.5) is 5.69 Å². The van der Waals surface area contributed by atoms with Crippen LogP contribution >= 0.6 is 34.8 Å². The maximum Gasteiger partial charge on any atom is 0.343 e. The number of hydrogen-bond acceptors (Lipinski definition) is 5. The van der Waals surface area contributed by atoms with Crippen molar-refractivity contribution in [3.63, 3.8) is 0 Å². The largest absolute Gasteiger partial charge is 0.423 e. The molecule has 0 heterocycles. The number of ether oxygens (including phenoxy) is 1. The first kappa shape index (κ1) is 24.3. The molecule has 0 spiro atoms. The first-order valence-corrected chi connectivity index (χ1v) is 10.5. The van der Waals surface area contributed by atoms with E-state index in [-0.39, 0.29) is 5.69 Å². The van der Waals surface area contributed by atoms with Gasteiger partial charge in [0.2, 0.25) is 0 Å². The van der Waals surface area contributed by atoms with Crippen LogP contribution in [-0.4, -0.2) is 23.5 Å². The quantitative estimate of drug-likeness (QED) is 0.161. The molecule has 2 N–H and O–H groups in total. The molecule has 0 atom stereocenters. The van der Waals surface area contributed by atoms with Crippen molar-refractivity contribution in [3.05, 3.63) is 92.9 Å². The highest BCUT2D eigenvalue weighted by Gasteiger charge is 2.14. The van der Waals surface area contributed by atoms with Gasteiger partial charge in [-0.1, -0.05) is 34.8 Å². The van der Waals surface area contributed by atoms with Gasteiger partial charge in [0.25, 0.3) is 0 Å². The van der Waals surface area contributed by atoms with Crippen molar-refractivity contribution in [2.45, 2.75) is 6.92 Å². The number of benzene rings is 3. The molecular weight excluding hydrogens is 489 g/mol. The Hall–Kier alpha value is -3.39. The van der Waals surface area contributed by atoms with E-state index in [0.29, 0.717) is 37.7 Å². The van der Waals surface area contributed by atoms with Crippen LogP contribution in [0, 0.1) is 0 Å². The molecule has 7 nitrogen and oxygen atoms in total. The fourth-order valence-electron chi connectivity index (χ4n) is 2.58. The van der Waals surface area contributed by atoms with Crippen molar-refractivity contribution in [1.29, 1.82) is 0 Å². The van der Waals surface area contributed by atoms with E-state index in [0.717, 1.165) is 0 Å². The summed E-state index contributed by atoms with van der Waals surface area (Å²) in [4.78, 5) is 36.2. The summed E-state index contributed by atoms with van der Waals surface area (Å²) in [6.07, 6.45) is 0. The van der Waals surface area contributed by atoms with Crippen molar-refractivity contribution in [2.75, 3.05) is 5.32 Å². The number of rotatable bonds is 5. The molecule has 0 saturated carbocycles. The summed E-state index contributed by atoms with van der Waals surface area (Å²) in [6.45, 7) is 1.64. The zero-order valence-corrected chi connectivity index (χ0v) is 19.3. The van der Waals surface area contributed by atoms with E-state index in [1.807, 2.05) is 0 Å². The number of carbonyl (C=O) groups is 3. The lowest BCUT2D eigenvalue weighted by molar-refractivity contribution is -0.136. The number of nitrogens with one attached hydrogen (secondary N) is 2. The molecule has 3 aromatic carbocycles. The minimum Gasteiger partial charge on any atom is -0.423 e. The van der Waals surface area contributed by atoms with E-state index in [1.54, 1.807) is 55.5 Å². The molecule has 0 unspecified atom stereocenters. The predicted molar refractivity (Wildman–Crippen MR) is 128 cm³/mol. The van der Waals surface area contributed by atoms with Gasteiger partial charge >= 0.3 is 17.8 Å². The molecule has 33 heavy (non-hydrogen) atoms. The average Bonchev–Trinajstić information content (AvgIpc) is 2.77. The van der Waals surface area contributed by atoms with E-state index >= 15 is 0 Å². The summed E-state index contributed by atoms with van der Waals surface area (Å²) >= 11 is 17.6. The Bertz CT molecular complexity index is 1210. The predicted octanol–water partition coefficient (Wildman–Crippen LogP) is 5.34. The van der Waals surface area contributed by atoms with Crippen molar-refractivity contribution < 1.29 is 19.1 Å². The molecule has 0 saturated heterocycles. The van der Waals surface area contributed by atoms with Crippen LogP contribution in [0.1, 0.15) is 22.8 Å². The van der Waals surface area contributed by atoms with Crippen molar-refractivity contribution >= 4 is 64.0 Å². The highest BCUT2D eigenvalue weighted by atomic mass is 35.5. The van der Waals surface area contributed by atoms with Crippen LogP contribution in [0.2, 0.25) is 15.1 Å². The van der Waals surface area contributed by atoms with Gasteiger partial charge in [0, 0.05) is 20.8 Å². The Labute approximate surface area is 204 Å². The third-order valence-electron chi connectivity index (χ3n) is 4.21. The molecule has 10 heteroatoms. The van der Waals surface area contributed by atoms with Gasteiger partial charge < -0.3 is 10.1 Å². The Balaban J connectivity index is 1.57. The molecule has 0 aliphatic rings. The van der Waals surface area contributed by atoms with Gasteiger partial charge in [-0.05, 0) is 79.2 Å². The lowest BCUT2D eigenvalue weighted by atomic mass is 10.1. The Morgan fingerprint density at radius 3 is 1.94 bits per heavy atom. The summed E-state index contributed by atoms with van der Waals surface area (Å²) in [6, 6.07) is 17.2. The second-order valence-corrected chi connectivity index (χ2v) is 7.98. The maximum atomic E-state index is 12.2. The lowest BCUT2D eigenvalue weighted by Gasteiger charge is -2.07. The molecule has 3 aromatic rings. The normalized spacial score (nSPS) is 11.0. The number of nitrogens with zero attached hydrogens (tertiary/aromatic N) is 1. The van der Waals surface area contributed by atoms with Gasteiger partial charge in [-0.15, -0.1) is 0 Å². The molecular formula is C23H16Cl3N3O4. The molecule has 0 aromatic heterocycles. The molecule has 0 bridgehead atoms. The van der Waals surface area contributed by atoms with E-state index in [4.69, 9.17) is 39.5 Å². The molecule has 0 fully saturated rings. The van der Waals surface area contributed by atoms with E-state index in [9.17, 15) is 14.4 Å². The number of halogens is 3. The first-order chi connectivity index (χ1) is 15.7. The Kier molecular flexibility index (Phi) is 8.06. The van der Waals surface area contributed by atoms with Gasteiger partial charge in [-0.2, -0.15) is 5.10 Å². The first-order valence-electron chi connectivity index (χ1n) is 9.41. The van der Waals surface area contributed by atoms with E-state index < -0.39 is 17.8 Å². The molecule has 0 aliphatic heterocycles. The monoisotopic (exact) mass is 503 g/mol. The molecule has 0 radical (unpaired) electrons. The highest BCUT2D eigenvalue weighted by molar-refractivity contribution is 6.40. The van der Waals surface area contributed by atoms with Crippen LogP contribution in [0.3, 0.4) is 0 Å². The maximum absolute atomic E-state index is 12.2. The van der Waals surface area contributed by atoms with Gasteiger partial charge in [0.05, 0.1) is 11.3 Å². The van der Waals surface area contributed by atoms with Crippen LogP contribution < -0.4 is 15.5 Å². The Morgan fingerprint density at radius 2 is 1.33 bits per heavy atom. The summed E-state index contributed by atoms with van der Waals surface area (Å²) in [5.74, 6) is -2.10. The number of anilines is 1. The summed E-state index contributed by atoms with van der Waals surface area (Å²) < 4.78 is 5.31. The minimum absolute atomic E-state index is 0.275. The van der Waals surface area contributed by atoms with Crippen molar-refractivity contribution in [3.8, 4) is 5.75 Å². The smallest absolute Gasteiger partial charge is 0.343 e. The molecule has 3 rings (SSSR count). The van der Waals surface area contributed by atoms with Crippen LogP contribution in [0.5, 0.6) is 5.75 Å². The van der Waals surface area contributed by atoms with E-state index in [1.165, 1.54) is 18.2 Å². The topological polar surface area (TPSA) is 96.9 Å². The van der Waals surface area contributed by atoms with Gasteiger partial charge in [-0.25, -0.2) is 10.2 Å². The second kappa shape index (κ2) is 11.0. The van der Waals surface area contributed by atoms with Gasteiger partial charge in [-0.3, -0.25) is 9.59 Å². The van der Waals surface area contributed by atoms with Crippen molar-refractivity contribution in [1.82, 2.24) is 5.43 Å². The molecule has 2 amide bonds. The third kappa shape index (κ3) is 7.05. The third-order valence-corrected chi connectivity index (χ3v) is 4.90. The fourth-order valence-corrected chi connectivity index (χ4v) is 3.23. The molecule has 168 valence electrons. The summed E-state index contributed by atoms with van der Waals surface area (Å²) in [5, 5.41) is 7.45. The second-order valence-electron chi connectivity index (χ2n) is 6.67. The Morgan fingerprint density at radius 1 is 0.758 bits per heavy atom. The van der Waals surface area contributed by atoms with Crippen molar-refractivity contribution in [2.24, 2.45) is 5.10 Å². The number of carbonyl (C=O) groups excluding carboxylic acids is 3. The van der Waals surface area contributed by atoms with Crippen LogP contribution in [0.25, 0.3) is 0 Å². The fraction of sp³-hybridized carbons (Fsp3) is 0.0435. The number of hydrazone groups is 1. The summed E-state index contributed by atoms with van der Waals surface area (Å²) in [7, 11) is 0. The van der Waals surface area contributed by atoms with Gasteiger partial charge in [0.15, 0.2) is 0 Å². The van der Waals surface area contributed by atoms with E-state index in [2.05, 4.69) is 15.8 Å². The lowest BCUT2D eigenvalue weighted by Crippen LogP contribution is -2.32. The number of esters is 1. The SMILES string of the molecule is CC(=NNC(=O)C(=O)Nc1cc(Cl)cc(Cl)c1)c1ccc(OC(=O)c2ccc(Cl)cc2)cc1. The average molecular weight is 505 g/mol. The molecule has 0 aliphatic carbocycles. The van der Waals surface area contributed by atoms with Crippen LogP contribution in [-0.2, 0) is 9.59 Å². The standard InChI is InChI=1S/C23H16Cl3N3O4/c1-13(28-29-22(31)21(30)27-19-11-17(25)10-18(26)12-19)14-4-8-20(9-5-14)33-23(32)15-2-6-16(24)7-3-15/h2-12H,1H3,(H,27,30)(H,29,31). The number of hydrogen-bond donors (Lipinski definition) is 2.